The van der Waals surface area contributed by atoms with Crippen molar-refractivity contribution in [2.24, 2.45) is 5.73 Å². The summed E-state index contributed by atoms with van der Waals surface area (Å²) in [5.74, 6) is -0.631. The molecule has 0 radical (unpaired) electrons. The largest absolute Gasteiger partial charge is 0.485 e. The summed E-state index contributed by atoms with van der Waals surface area (Å²) in [6.07, 6.45) is -2.04. The van der Waals surface area contributed by atoms with Crippen LogP contribution in [-0.4, -0.2) is 52.4 Å². The lowest BCUT2D eigenvalue weighted by Gasteiger charge is -2.33. The van der Waals surface area contributed by atoms with Gasteiger partial charge in [0.2, 0.25) is 0 Å². The molecule has 0 unspecified atom stereocenters. The number of carboxylic acid groups (broad SMARTS) is 1. The van der Waals surface area contributed by atoms with Crippen molar-refractivity contribution in [2.75, 3.05) is 13.1 Å². The van der Waals surface area contributed by atoms with E-state index in [1.54, 1.807) is 0 Å². The van der Waals surface area contributed by atoms with Crippen LogP contribution in [0.25, 0.3) is 0 Å². The Morgan fingerprint density at radius 2 is 2.29 bits per heavy atom. The number of nitrogens with zero attached hydrogens (tertiary/aromatic N) is 2. The second-order valence-corrected chi connectivity index (χ2v) is 5.37. The summed E-state index contributed by atoms with van der Waals surface area (Å²) >= 11 is 3.11. The van der Waals surface area contributed by atoms with Gasteiger partial charge in [0, 0.05) is 13.0 Å². The Morgan fingerprint density at radius 1 is 1.57 bits per heavy atom. The Kier molecular flexibility index (Phi) is 4.61. The van der Waals surface area contributed by atoms with Gasteiger partial charge in [-0.25, -0.2) is 14.2 Å². The van der Waals surface area contributed by atoms with Crippen LogP contribution in [0.4, 0.5) is 9.18 Å². The third kappa shape index (κ3) is 3.60. The molecule has 1 aliphatic heterocycles. The number of halogens is 2. The first-order valence-electron chi connectivity index (χ1n) is 6.12. The summed E-state index contributed by atoms with van der Waals surface area (Å²) in [6, 6.07) is 1.39. The number of pyridine rings is 1. The van der Waals surface area contributed by atoms with Crippen molar-refractivity contribution in [3.63, 3.8) is 0 Å². The predicted octanol–water partition coefficient (Wildman–Crippen LogP) is 1.41. The fourth-order valence-electron chi connectivity index (χ4n) is 2.06. The van der Waals surface area contributed by atoms with E-state index in [9.17, 15) is 14.0 Å². The maximum absolute atomic E-state index is 14.0. The maximum Gasteiger partial charge on any atom is 0.407 e. The van der Waals surface area contributed by atoms with E-state index in [1.807, 2.05) is 0 Å². The molecule has 1 aromatic rings. The van der Waals surface area contributed by atoms with Crippen molar-refractivity contribution in [3.05, 3.63) is 22.4 Å². The first kappa shape index (κ1) is 15.5. The van der Waals surface area contributed by atoms with Gasteiger partial charge in [-0.1, -0.05) is 0 Å². The minimum atomic E-state index is -1.49. The molecule has 1 aromatic heterocycles. The van der Waals surface area contributed by atoms with Crippen LogP contribution in [0.5, 0.6) is 5.75 Å². The van der Waals surface area contributed by atoms with Crippen LogP contribution < -0.4 is 10.5 Å². The van der Waals surface area contributed by atoms with Gasteiger partial charge in [0.1, 0.15) is 10.7 Å². The van der Waals surface area contributed by atoms with Crippen LogP contribution in [0.15, 0.2) is 16.9 Å². The van der Waals surface area contributed by atoms with Crippen molar-refractivity contribution in [1.29, 1.82) is 0 Å². The Hall–Kier alpha value is -1.90. The fourth-order valence-corrected chi connectivity index (χ4v) is 2.39. The lowest BCUT2D eigenvalue weighted by molar-refractivity contribution is 0.0243. The van der Waals surface area contributed by atoms with Crippen molar-refractivity contribution < 1.29 is 23.8 Å². The molecular weight excluding hydrogens is 349 g/mol. The normalized spacial score (nSPS) is 21.9. The Labute approximate surface area is 128 Å². The molecule has 0 aliphatic carbocycles. The number of carbonyl (C=O) groups is 2. The van der Waals surface area contributed by atoms with Crippen LogP contribution in [0, 0.1) is 0 Å². The summed E-state index contributed by atoms with van der Waals surface area (Å²) in [5, 5.41) is 8.82. The summed E-state index contributed by atoms with van der Waals surface area (Å²) in [6.45, 7) is -0.105. The molecule has 2 atom stereocenters. The zero-order valence-electron chi connectivity index (χ0n) is 10.8. The minimum absolute atomic E-state index is 0.0853. The van der Waals surface area contributed by atoms with E-state index in [0.29, 0.717) is 4.60 Å². The van der Waals surface area contributed by atoms with Crippen LogP contribution >= 0.6 is 15.9 Å². The van der Waals surface area contributed by atoms with E-state index in [-0.39, 0.29) is 30.8 Å². The molecule has 3 N–H and O–H groups in total. The van der Waals surface area contributed by atoms with Crippen molar-refractivity contribution in [3.8, 4) is 5.75 Å². The summed E-state index contributed by atoms with van der Waals surface area (Å²) in [4.78, 5) is 27.0. The third-order valence-corrected chi connectivity index (χ3v) is 3.56. The van der Waals surface area contributed by atoms with Crippen molar-refractivity contribution in [2.45, 2.75) is 18.7 Å². The van der Waals surface area contributed by atoms with Gasteiger partial charge in [-0.05, 0) is 22.0 Å². The number of ether oxygens (including phenoxy) is 1. The highest BCUT2D eigenvalue weighted by atomic mass is 79.9. The molecule has 0 spiro atoms. The zero-order valence-corrected chi connectivity index (χ0v) is 12.4. The van der Waals surface area contributed by atoms with E-state index in [2.05, 4.69) is 20.9 Å². The summed E-state index contributed by atoms with van der Waals surface area (Å²) in [7, 11) is 0. The molecule has 0 aromatic carbocycles. The monoisotopic (exact) mass is 361 g/mol. The molecule has 114 valence electrons. The molecule has 1 aliphatic rings. The second kappa shape index (κ2) is 6.25. The van der Waals surface area contributed by atoms with E-state index >= 15 is 0 Å². The number of primary amides is 1. The van der Waals surface area contributed by atoms with Crippen molar-refractivity contribution >= 4 is 27.9 Å². The molecule has 1 fully saturated rings. The second-order valence-electron chi connectivity index (χ2n) is 4.56. The topological polar surface area (TPSA) is 106 Å². The molecular formula is C12H13BrFN3O4. The van der Waals surface area contributed by atoms with Gasteiger partial charge in [0.25, 0.3) is 5.91 Å². The van der Waals surface area contributed by atoms with Crippen LogP contribution in [0.3, 0.4) is 0 Å². The van der Waals surface area contributed by atoms with Gasteiger partial charge in [-0.15, -0.1) is 0 Å². The number of rotatable bonds is 3. The van der Waals surface area contributed by atoms with Gasteiger partial charge in [-0.2, -0.15) is 0 Å². The SMILES string of the molecule is NC(=O)c1cc(Br)ncc1O[C@H]1CCN(C(=O)O)C[C@@H]1F. The van der Waals surface area contributed by atoms with E-state index in [4.69, 9.17) is 15.6 Å². The van der Waals surface area contributed by atoms with Gasteiger partial charge in [0.05, 0.1) is 18.3 Å². The Morgan fingerprint density at radius 3 is 2.86 bits per heavy atom. The standard InChI is InChI=1S/C12H13BrFN3O4/c13-10-3-6(11(15)18)9(4-16-10)21-8-1-2-17(12(19)20)5-7(8)14/h3-4,7-8H,1-2,5H2,(H2,15,18)(H,19,20)/t7-,8-/m0/s1. The van der Waals surface area contributed by atoms with Gasteiger partial charge in [-0.3, -0.25) is 4.79 Å². The number of piperidine rings is 1. The van der Waals surface area contributed by atoms with Gasteiger partial charge >= 0.3 is 6.09 Å². The Balaban J connectivity index is 2.12. The first-order valence-corrected chi connectivity index (χ1v) is 6.91. The molecule has 2 heterocycles. The number of aromatic nitrogens is 1. The number of hydrogen-bond acceptors (Lipinski definition) is 4. The molecule has 2 amide bonds. The highest BCUT2D eigenvalue weighted by Crippen LogP contribution is 2.25. The molecule has 9 heteroatoms. The number of amides is 2. The third-order valence-electron chi connectivity index (χ3n) is 3.13. The zero-order chi connectivity index (χ0) is 15.6. The van der Waals surface area contributed by atoms with Gasteiger partial charge < -0.3 is 20.5 Å². The molecule has 0 bridgehead atoms. The Bertz CT molecular complexity index is 571. The average Bonchev–Trinajstić information content (AvgIpc) is 2.42. The number of carbonyl (C=O) groups excluding carboxylic acids is 1. The van der Waals surface area contributed by atoms with E-state index < -0.39 is 24.3 Å². The van der Waals surface area contributed by atoms with Crippen LogP contribution in [0.2, 0.25) is 0 Å². The van der Waals surface area contributed by atoms with E-state index in [1.165, 1.54) is 12.3 Å². The van der Waals surface area contributed by atoms with Crippen LogP contribution in [-0.2, 0) is 0 Å². The maximum atomic E-state index is 14.0. The highest BCUT2D eigenvalue weighted by Gasteiger charge is 2.33. The first-order chi connectivity index (χ1) is 9.88. The quantitative estimate of drug-likeness (QED) is 0.791. The lowest BCUT2D eigenvalue weighted by atomic mass is 10.1. The summed E-state index contributed by atoms with van der Waals surface area (Å²) < 4.78 is 19.8. The minimum Gasteiger partial charge on any atom is -0.485 e. The molecule has 2 rings (SSSR count). The molecule has 21 heavy (non-hydrogen) atoms. The molecule has 7 nitrogen and oxygen atoms in total. The highest BCUT2D eigenvalue weighted by molar-refractivity contribution is 9.10. The predicted molar refractivity (Wildman–Crippen MR) is 74.0 cm³/mol. The van der Waals surface area contributed by atoms with Crippen molar-refractivity contribution in [1.82, 2.24) is 9.88 Å². The average molecular weight is 362 g/mol. The molecule has 1 saturated heterocycles. The van der Waals surface area contributed by atoms with Gasteiger partial charge in [0.15, 0.2) is 11.9 Å². The number of hydrogen-bond donors (Lipinski definition) is 2. The number of likely N-dealkylation sites (tertiary alicyclic amines) is 1. The van der Waals surface area contributed by atoms with E-state index in [0.717, 1.165) is 4.90 Å². The number of alkyl halides is 1. The fraction of sp³-hybridized carbons (Fsp3) is 0.417. The summed E-state index contributed by atoms with van der Waals surface area (Å²) in [5.41, 5.74) is 5.33. The number of nitrogens with two attached hydrogens (primary N) is 1. The van der Waals surface area contributed by atoms with Crippen LogP contribution in [0.1, 0.15) is 16.8 Å². The lowest BCUT2D eigenvalue weighted by Crippen LogP contribution is -2.48. The smallest absolute Gasteiger partial charge is 0.407 e. The molecule has 0 saturated carbocycles.